The summed E-state index contributed by atoms with van der Waals surface area (Å²) in [5.41, 5.74) is 0.347. The summed E-state index contributed by atoms with van der Waals surface area (Å²) in [6.45, 7) is 1.94. The Kier molecular flexibility index (Phi) is 2.45. The molecule has 1 saturated heterocycles. The summed E-state index contributed by atoms with van der Waals surface area (Å²) < 4.78 is 0. The zero-order valence-electron chi connectivity index (χ0n) is 8.03. The quantitative estimate of drug-likeness (QED) is 0.650. The van der Waals surface area contributed by atoms with Gasteiger partial charge in [0.15, 0.2) is 5.69 Å². The fourth-order valence-electron chi connectivity index (χ4n) is 1.62. The molecular formula is C8H13N5O. The number of H-pyrrole nitrogens is 1. The van der Waals surface area contributed by atoms with Crippen molar-refractivity contribution in [3.8, 4) is 0 Å². The van der Waals surface area contributed by atoms with Gasteiger partial charge in [0.1, 0.15) is 0 Å². The van der Waals surface area contributed by atoms with Crippen LogP contribution in [0.25, 0.3) is 0 Å². The number of nitrogens with one attached hydrogen (secondary N) is 2. The van der Waals surface area contributed by atoms with Crippen molar-refractivity contribution in [2.75, 3.05) is 20.1 Å². The van der Waals surface area contributed by atoms with Crippen LogP contribution in [0.1, 0.15) is 16.9 Å². The van der Waals surface area contributed by atoms with Gasteiger partial charge < -0.3 is 10.2 Å². The zero-order chi connectivity index (χ0) is 9.97. The van der Waals surface area contributed by atoms with Gasteiger partial charge in [0.25, 0.3) is 5.91 Å². The number of hydrogen-bond acceptors (Lipinski definition) is 4. The molecule has 2 heterocycles. The largest absolute Gasteiger partial charge is 0.347 e. The van der Waals surface area contributed by atoms with Crippen molar-refractivity contribution in [3.63, 3.8) is 0 Å². The van der Waals surface area contributed by atoms with Crippen LogP contribution in [-0.2, 0) is 0 Å². The lowest BCUT2D eigenvalue weighted by Crippen LogP contribution is -2.36. The van der Waals surface area contributed by atoms with Crippen LogP contribution in [0.2, 0.25) is 0 Å². The van der Waals surface area contributed by atoms with E-state index in [0.29, 0.717) is 5.69 Å². The number of rotatable bonds is 2. The van der Waals surface area contributed by atoms with E-state index in [0.717, 1.165) is 19.5 Å². The van der Waals surface area contributed by atoms with Gasteiger partial charge in [-0.2, -0.15) is 15.4 Å². The van der Waals surface area contributed by atoms with E-state index < -0.39 is 0 Å². The van der Waals surface area contributed by atoms with E-state index in [9.17, 15) is 4.79 Å². The predicted octanol–water partition coefficient (Wildman–Crippen LogP) is -0.761. The minimum atomic E-state index is -0.154. The zero-order valence-corrected chi connectivity index (χ0v) is 8.03. The molecule has 1 fully saturated rings. The molecule has 1 aromatic rings. The van der Waals surface area contributed by atoms with Gasteiger partial charge in [-0.25, -0.2) is 0 Å². The van der Waals surface area contributed by atoms with Crippen LogP contribution >= 0.6 is 0 Å². The number of carbonyl (C=O) groups is 1. The van der Waals surface area contributed by atoms with Gasteiger partial charge in [-0.1, -0.05) is 0 Å². The van der Waals surface area contributed by atoms with Crippen LogP contribution in [0.3, 0.4) is 0 Å². The monoisotopic (exact) mass is 195 g/mol. The summed E-state index contributed by atoms with van der Waals surface area (Å²) in [6.07, 6.45) is 2.42. The molecule has 0 saturated carbocycles. The third-order valence-corrected chi connectivity index (χ3v) is 2.37. The van der Waals surface area contributed by atoms with E-state index in [2.05, 4.69) is 25.6 Å². The summed E-state index contributed by atoms with van der Waals surface area (Å²) in [5, 5.41) is 12.6. The predicted molar refractivity (Wildman–Crippen MR) is 49.8 cm³/mol. The van der Waals surface area contributed by atoms with Crippen LogP contribution in [-0.4, -0.2) is 52.4 Å². The lowest BCUT2D eigenvalue weighted by atomic mass is 10.2. The number of likely N-dealkylation sites (tertiary alicyclic amines) is 1. The molecule has 1 atom stereocenters. The molecule has 6 heteroatoms. The summed E-state index contributed by atoms with van der Waals surface area (Å²) in [6, 6.07) is 0.240. The maximum absolute atomic E-state index is 11.5. The molecule has 2 rings (SSSR count). The number of likely N-dealkylation sites (N-methyl/N-ethyl adjacent to an activating group) is 1. The normalized spacial score (nSPS) is 22.5. The highest BCUT2D eigenvalue weighted by Gasteiger charge is 2.22. The Morgan fingerprint density at radius 2 is 2.64 bits per heavy atom. The summed E-state index contributed by atoms with van der Waals surface area (Å²) >= 11 is 0. The van der Waals surface area contributed by atoms with Gasteiger partial charge in [-0.05, 0) is 20.0 Å². The molecule has 0 spiro atoms. The highest BCUT2D eigenvalue weighted by molar-refractivity contribution is 5.92. The first-order valence-corrected chi connectivity index (χ1v) is 4.61. The highest BCUT2D eigenvalue weighted by atomic mass is 16.2. The van der Waals surface area contributed by atoms with Gasteiger partial charge in [0.2, 0.25) is 0 Å². The molecule has 1 aliphatic heterocycles. The lowest BCUT2D eigenvalue weighted by molar-refractivity contribution is 0.0933. The number of amides is 1. The molecule has 1 aromatic heterocycles. The van der Waals surface area contributed by atoms with Crippen molar-refractivity contribution in [2.45, 2.75) is 12.5 Å². The number of nitrogens with zero attached hydrogens (tertiary/aromatic N) is 3. The Morgan fingerprint density at radius 3 is 3.21 bits per heavy atom. The highest BCUT2D eigenvalue weighted by Crippen LogP contribution is 2.06. The number of hydrogen-bond donors (Lipinski definition) is 2. The second-order valence-electron chi connectivity index (χ2n) is 3.58. The lowest BCUT2D eigenvalue weighted by Gasteiger charge is -2.11. The standard InChI is InChI=1S/C8H13N5O/c1-13-3-2-6(5-13)10-8(14)7-4-9-12-11-7/h4,6H,2-3,5H2,1H3,(H,10,14)(H,9,11,12). The first-order valence-electron chi connectivity index (χ1n) is 4.61. The number of aromatic amines is 1. The van der Waals surface area contributed by atoms with Crippen LogP contribution < -0.4 is 5.32 Å². The Bertz CT molecular complexity index is 310. The van der Waals surface area contributed by atoms with E-state index in [1.165, 1.54) is 6.20 Å². The first kappa shape index (κ1) is 9.14. The average molecular weight is 195 g/mol. The second-order valence-corrected chi connectivity index (χ2v) is 3.58. The maximum atomic E-state index is 11.5. The van der Waals surface area contributed by atoms with Crippen molar-refractivity contribution < 1.29 is 4.79 Å². The van der Waals surface area contributed by atoms with Gasteiger partial charge in [-0.3, -0.25) is 4.79 Å². The average Bonchev–Trinajstić information content (AvgIpc) is 2.75. The van der Waals surface area contributed by atoms with Gasteiger partial charge in [0, 0.05) is 12.6 Å². The van der Waals surface area contributed by atoms with Gasteiger partial charge in [0.05, 0.1) is 6.20 Å². The van der Waals surface area contributed by atoms with Crippen LogP contribution in [0.4, 0.5) is 0 Å². The molecule has 6 nitrogen and oxygen atoms in total. The minimum Gasteiger partial charge on any atom is -0.347 e. The molecule has 2 N–H and O–H groups in total. The molecule has 76 valence electrons. The first-order chi connectivity index (χ1) is 6.75. The van der Waals surface area contributed by atoms with Crippen LogP contribution in [0.5, 0.6) is 0 Å². The van der Waals surface area contributed by atoms with Crippen molar-refractivity contribution in [2.24, 2.45) is 0 Å². The molecule has 1 amide bonds. The van der Waals surface area contributed by atoms with E-state index in [-0.39, 0.29) is 11.9 Å². The molecule has 0 bridgehead atoms. The van der Waals surface area contributed by atoms with Gasteiger partial charge in [-0.15, -0.1) is 0 Å². The van der Waals surface area contributed by atoms with E-state index >= 15 is 0 Å². The Labute approximate surface area is 81.7 Å². The van der Waals surface area contributed by atoms with E-state index in [1.807, 2.05) is 7.05 Å². The second kappa shape index (κ2) is 3.75. The Balaban J connectivity index is 1.89. The third kappa shape index (κ3) is 1.90. The Hall–Kier alpha value is -1.43. The molecule has 0 aromatic carbocycles. The molecular weight excluding hydrogens is 182 g/mol. The summed E-state index contributed by atoms with van der Waals surface area (Å²) in [4.78, 5) is 13.7. The minimum absolute atomic E-state index is 0.154. The van der Waals surface area contributed by atoms with Crippen molar-refractivity contribution in [3.05, 3.63) is 11.9 Å². The van der Waals surface area contributed by atoms with E-state index in [4.69, 9.17) is 0 Å². The maximum Gasteiger partial charge on any atom is 0.273 e. The third-order valence-electron chi connectivity index (χ3n) is 2.37. The van der Waals surface area contributed by atoms with E-state index in [1.54, 1.807) is 0 Å². The van der Waals surface area contributed by atoms with Gasteiger partial charge >= 0.3 is 0 Å². The Morgan fingerprint density at radius 1 is 1.79 bits per heavy atom. The molecule has 14 heavy (non-hydrogen) atoms. The fraction of sp³-hybridized carbons (Fsp3) is 0.625. The van der Waals surface area contributed by atoms with Crippen molar-refractivity contribution in [1.82, 2.24) is 25.6 Å². The number of carbonyl (C=O) groups excluding carboxylic acids is 1. The number of aromatic nitrogens is 3. The SMILES string of the molecule is CN1CCC(NC(=O)c2cn[nH]n2)C1. The summed E-state index contributed by atoms with van der Waals surface area (Å²) in [5.74, 6) is -0.154. The molecule has 1 aliphatic rings. The summed E-state index contributed by atoms with van der Waals surface area (Å²) in [7, 11) is 2.04. The van der Waals surface area contributed by atoms with Crippen LogP contribution in [0, 0.1) is 0 Å². The van der Waals surface area contributed by atoms with Crippen molar-refractivity contribution in [1.29, 1.82) is 0 Å². The van der Waals surface area contributed by atoms with Crippen LogP contribution in [0.15, 0.2) is 6.20 Å². The molecule has 0 radical (unpaired) electrons. The van der Waals surface area contributed by atoms with Crippen molar-refractivity contribution >= 4 is 5.91 Å². The molecule has 0 aliphatic carbocycles. The molecule has 1 unspecified atom stereocenters. The smallest absolute Gasteiger partial charge is 0.273 e. The topological polar surface area (TPSA) is 73.9 Å². The fourth-order valence-corrected chi connectivity index (χ4v) is 1.62.